The normalized spacial score (nSPS) is 22.7. The average molecular weight is 474 g/mol. The Morgan fingerprint density at radius 3 is 2.44 bits per heavy atom. The van der Waals surface area contributed by atoms with Gasteiger partial charge in [-0.05, 0) is 42.7 Å². The van der Waals surface area contributed by atoms with Gasteiger partial charge >= 0.3 is 5.97 Å². The van der Waals surface area contributed by atoms with Crippen molar-refractivity contribution in [1.82, 2.24) is 0 Å². The number of halogens is 2. The first-order valence-electron chi connectivity index (χ1n) is 8.36. The van der Waals surface area contributed by atoms with Gasteiger partial charge in [0.2, 0.25) is 0 Å². The predicted molar refractivity (Wildman–Crippen MR) is 106 cm³/mol. The molecule has 0 spiro atoms. The highest BCUT2D eigenvalue weighted by molar-refractivity contribution is 9.10. The Morgan fingerprint density at radius 1 is 1.15 bits per heavy atom. The number of aliphatic carboxylic acids is 1. The van der Waals surface area contributed by atoms with E-state index in [1.165, 1.54) is 12.1 Å². The van der Waals surface area contributed by atoms with E-state index in [1.54, 1.807) is 12.1 Å². The first kappa shape index (κ1) is 20.3. The first-order chi connectivity index (χ1) is 12.8. The molecule has 5 nitrogen and oxygen atoms in total. The van der Waals surface area contributed by atoms with E-state index in [0.29, 0.717) is 0 Å². The third kappa shape index (κ3) is 4.54. The van der Waals surface area contributed by atoms with Crippen LogP contribution in [0, 0.1) is 5.92 Å². The Labute approximate surface area is 171 Å². The van der Waals surface area contributed by atoms with Crippen LogP contribution in [0.15, 0.2) is 57.9 Å². The van der Waals surface area contributed by atoms with Crippen molar-refractivity contribution < 1.29 is 23.1 Å². The lowest BCUT2D eigenvalue weighted by Crippen LogP contribution is -2.25. The number of rotatable bonds is 6. The molecule has 0 bridgehead atoms. The second-order valence-electron chi connectivity index (χ2n) is 6.49. The van der Waals surface area contributed by atoms with Gasteiger partial charge in [-0.15, -0.1) is 0 Å². The SMILES string of the molecule is O=C(O)[C@@H]1C[C@@H](S(=O)(=O)c2ccccc2Cl)C[C@H]1OCc1ccc(Br)cc1. The fourth-order valence-electron chi connectivity index (χ4n) is 3.29. The lowest BCUT2D eigenvalue weighted by molar-refractivity contribution is -0.146. The van der Waals surface area contributed by atoms with Gasteiger partial charge < -0.3 is 9.84 Å². The van der Waals surface area contributed by atoms with Crippen molar-refractivity contribution >= 4 is 43.3 Å². The molecule has 1 N–H and O–H groups in total. The zero-order valence-corrected chi connectivity index (χ0v) is 17.4. The summed E-state index contributed by atoms with van der Waals surface area (Å²) >= 11 is 9.40. The summed E-state index contributed by atoms with van der Waals surface area (Å²) in [5.74, 6) is -1.92. The highest BCUT2D eigenvalue weighted by Gasteiger charge is 2.45. The van der Waals surface area contributed by atoms with Gasteiger partial charge in [-0.25, -0.2) is 8.42 Å². The highest BCUT2D eigenvalue weighted by atomic mass is 79.9. The zero-order chi connectivity index (χ0) is 19.6. The van der Waals surface area contributed by atoms with E-state index in [9.17, 15) is 18.3 Å². The zero-order valence-electron chi connectivity index (χ0n) is 14.2. The topological polar surface area (TPSA) is 80.7 Å². The van der Waals surface area contributed by atoms with Crippen molar-refractivity contribution in [1.29, 1.82) is 0 Å². The molecule has 3 atom stereocenters. The molecule has 2 aromatic carbocycles. The van der Waals surface area contributed by atoms with Crippen molar-refractivity contribution in [2.24, 2.45) is 5.92 Å². The van der Waals surface area contributed by atoms with Crippen LogP contribution in [-0.2, 0) is 26.0 Å². The molecule has 0 radical (unpaired) electrons. The van der Waals surface area contributed by atoms with Crippen LogP contribution >= 0.6 is 27.5 Å². The molecule has 27 heavy (non-hydrogen) atoms. The van der Waals surface area contributed by atoms with Crippen LogP contribution in [-0.4, -0.2) is 30.8 Å². The van der Waals surface area contributed by atoms with Crippen molar-refractivity contribution in [3.8, 4) is 0 Å². The standard InChI is InChI=1S/C19H18BrClO5S/c20-13-7-5-12(6-8-13)11-26-17-10-14(9-15(17)19(22)23)27(24,25)18-4-2-1-3-16(18)21/h1-8,14-15,17H,9-11H2,(H,22,23)/t14-,15-,17-/m1/s1. The summed E-state index contributed by atoms with van der Waals surface area (Å²) in [6.45, 7) is 0.223. The second-order valence-corrected chi connectivity index (χ2v) is 10.0. The van der Waals surface area contributed by atoms with E-state index in [-0.39, 0.29) is 29.4 Å². The van der Waals surface area contributed by atoms with E-state index in [2.05, 4.69) is 15.9 Å². The first-order valence-corrected chi connectivity index (χ1v) is 11.1. The fraction of sp³-hybridized carbons (Fsp3) is 0.316. The molecule has 2 aromatic rings. The Bertz CT molecular complexity index is 929. The van der Waals surface area contributed by atoms with Crippen LogP contribution < -0.4 is 0 Å². The Kier molecular flexibility index (Phi) is 6.25. The van der Waals surface area contributed by atoms with E-state index in [4.69, 9.17) is 16.3 Å². The van der Waals surface area contributed by atoms with Gasteiger partial charge in [0, 0.05) is 4.47 Å². The molecule has 1 fully saturated rings. The molecule has 1 saturated carbocycles. The number of benzene rings is 2. The predicted octanol–water partition coefficient (Wildman–Crippen LogP) is 4.32. The summed E-state index contributed by atoms with van der Waals surface area (Å²) in [5, 5.41) is 8.82. The van der Waals surface area contributed by atoms with E-state index in [0.717, 1.165) is 10.0 Å². The minimum absolute atomic E-state index is 0.00783. The fourth-order valence-corrected chi connectivity index (χ4v) is 5.88. The van der Waals surface area contributed by atoms with Gasteiger partial charge in [0.15, 0.2) is 9.84 Å². The number of hydrogen-bond acceptors (Lipinski definition) is 4. The molecule has 0 unspecified atom stereocenters. The van der Waals surface area contributed by atoms with Crippen LogP contribution in [0.2, 0.25) is 5.02 Å². The lowest BCUT2D eigenvalue weighted by Gasteiger charge is -2.16. The number of carboxylic acid groups (broad SMARTS) is 1. The molecule has 0 saturated heterocycles. The number of carboxylic acids is 1. The molecule has 3 rings (SSSR count). The van der Waals surface area contributed by atoms with Crippen LogP contribution in [0.25, 0.3) is 0 Å². The number of sulfone groups is 1. The van der Waals surface area contributed by atoms with Crippen LogP contribution in [0.1, 0.15) is 18.4 Å². The van der Waals surface area contributed by atoms with Crippen molar-refractivity contribution in [2.75, 3.05) is 0 Å². The van der Waals surface area contributed by atoms with Crippen LogP contribution in [0.3, 0.4) is 0 Å². The summed E-state index contributed by atoms with van der Waals surface area (Å²) in [6.07, 6.45) is -0.539. The maximum Gasteiger partial charge on any atom is 0.309 e. The molecule has 0 aromatic heterocycles. The van der Waals surface area contributed by atoms with E-state index in [1.807, 2.05) is 24.3 Å². The van der Waals surface area contributed by atoms with E-state index >= 15 is 0 Å². The van der Waals surface area contributed by atoms with Gasteiger partial charge in [-0.3, -0.25) is 4.79 Å². The Hall–Kier alpha value is -1.41. The lowest BCUT2D eigenvalue weighted by atomic mass is 10.1. The molecule has 0 heterocycles. The summed E-state index contributed by atoms with van der Waals surface area (Å²) in [6, 6.07) is 13.7. The van der Waals surface area contributed by atoms with Crippen LogP contribution in [0.4, 0.5) is 0 Å². The number of hydrogen-bond donors (Lipinski definition) is 1. The molecule has 8 heteroatoms. The molecule has 0 amide bonds. The Morgan fingerprint density at radius 2 is 1.81 bits per heavy atom. The van der Waals surface area contributed by atoms with Crippen molar-refractivity contribution in [3.05, 3.63) is 63.6 Å². The van der Waals surface area contributed by atoms with Gasteiger partial charge in [-0.1, -0.05) is 51.8 Å². The van der Waals surface area contributed by atoms with Gasteiger partial charge in [0.25, 0.3) is 0 Å². The second kappa shape index (κ2) is 8.31. The monoisotopic (exact) mass is 472 g/mol. The average Bonchev–Trinajstić information content (AvgIpc) is 3.07. The molecule has 0 aliphatic heterocycles. The maximum absolute atomic E-state index is 12.9. The maximum atomic E-state index is 12.9. The molecule has 144 valence electrons. The third-order valence-corrected chi connectivity index (χ3v) is 7.94. The van der Waals surface area contributed by atoms with Crippen molar-refractivity contribution in [3.63, 3.8) is 0 Å². The number of carbonyl (C=O) groups is 1. The van der Waals surface area contributed by atoms with Crippen molar-refractivity contribution in [2.45, 2.75) is 35.7 Å². The smallest absolute Gasteiger partial charge is 0.309 e. The molecular formula is C19H18BrClO5S. The quantitative estimate of drug-likeness (QED) is 0.675. The summed E-state index contributed by atoms with van der Waals surface area (Å²) < 4.78 is 32.6. The van der Waals surface area contributed by atoms with Crippen LogP contribution in [0.5, 0.6) is 0 Å². The minimum Gasteiger partial charge on any atom is -0.481 e. The van der Waals surface area contributed by atoms with E-state index < -0.39 is 33.1 Å². The van der Waals surface area contributed by atoms with Gasteiger partial charge in [0.1, 0.15) is 0 Å². The molecular weight excluding hydrogens is 456 g/mol. The summed E-state index contributed by atoms with van der Waals surface area (Å²) in [4.78, 5) is 11.7. The minimum atomic E-state index is -3.74. The molecule has 1 aliphatic carbocycles. The highest BCUT2D eigenvalue weighted by Crippen LogP contribution is 2.38. The van der Waals surface area contributed by atoms with Gasteiger partial charge in [0.05, 0.1) is 33.8 Å². The number of ether oxygens (including phenoxy) is 1. The summed E-state index contributed by atoms with van der Waals surface area (Å²) in [7, 11) is -3.74. The Balaban J connectivity index is 1.77. The third-order valence-electron chi connectivity index (χ3n) is 4.74. The summed E-state index contributed by atoms with van der Waals surface area (Å²) in [5.41, 5.74) is 0.889. The molecule has 1 aliphatic rings. The van der Waals surface area contributed by atoms with Gasteiger partial charge in [-0.2, -0.15) is 0 Å². The largest absolute Gasteiger partial charge is 0.481 e.